The smallest absolute Gasteiger partial charge is 0.273 e. The van der Waals surface area contributed by atoms with Gasteiger partial charge in [0.15, 0.2) is 5.82 Å². The molecule has 3 N–H and O–H groups in total. The average molecular weight is 242 g/mol. The van der Waals surface area contributed by atoms with Crippen LogP contribution in [0.3, 0.4) is 0 Å². The molecule has 0 saturated carbocycles. The van der Waals surface area contributed by atoms with Crippen LogP contribution in [0.2, 0.25) is 0 Å². The lowest BCUT2D eigenvalue weighted by Crippen LogP contribution is -2.18. The van der Waals surface area contributed by atoms with Crippen LogP contribution in [0.25, 0.3) is 11.5 Å². The number of primary sulfonamides is 1. The second-order valence-electron chi connectivity index (χ2n) is 3.07. The van der Waals surface area contributed by atoms with Crippen LogP contribution in [0.5, 0.6) is 0 Å². The number of aromatic nitrogens is 5. The molecule has 0 fully saturated rings. The van der Waals surface area contributed by atoms with Crippen molar-refractivity contribution < 1.29 is 8.42 Å². The van der Waals surface area contributed by atoms with Gasteiger partial charge in [-0.15, -0.1) is 10.2 Å². The lowest BCUT2D eigenvalue weighted by atomic mass is 10.4. The Morgan fingerprint density at radius 1 is 1.50 bits per heavy atom. The topological polar surface area (TPSA) is 120 Å². The second-order valence-corrected chi connectivity index (χ2v) is 4.52. The van der Waals surface area contributed by atoms with Crippen molar-refractivity contribution in [2.75, 3.05) is 0 Å². The summed E-state index contributed by atoms with van der Waals surface area (Å²) >= 11 is 0. The molecule has 0 radical (unpaired) electrons. The van der Waals surface area contributed by atoms with Crippen LogP contribution in [0.15, 0.2) is 17.4 Å². The molecule has 2 aromatic heterocycles. The van der Waals surface area contributed by atoms with E-state index in [0.717, 1.165) is 0 Å². The van der Waals surface area contributed by atoms with E-state index in [0.29, 0.717) is 18.1 Å². The van der Waals surface area contributed by atoms with Crippen molar-refractivity contribution >= 4 is 10.0 Å². The van der Waals surface area contributed by atoms with Gasteiger partial charge in [0.2, 0.25) is 0 Å². The van der Waals surface area contributed by atoms with Crippen molar-refractivity contribution in [1.82, 2.24) is 25.0 Å². The van der Waals surface area contributed by atoms with Crippen LogP contribution in [0.1, 0.15) is 6.92 Å². The lowest BCUT2D eigenvalue weighted by Gasteiger charge is -2.03. The molecular weight excluding hydrogens is 232 g/mol. The summed E-state index contributed by atoms with van der Waals surface area (Å²) in [5.41, 5.74) is 0.587. The minimum atomic E-state index is -3.86. The van der Waals surface area contributed by atoms with Gasteiger partial charge in [-0.1, -0.05) is 0 Å². The van der Waals surface area contributed by atoms with Crippen LogP contribution < -0.4 is 5.14 Å². The highest BCUT2D eigenvalue weighted by Crippen LogP contribution is 2.16. The maximum Gasteiger partial charge on any atom is 0.273 e. The molecule has 16 heavy (non-hydrogen) atoms. The highest BCUT2D eigenvalue weighted by Gasteiger charge is 2.21. The van der Waals surface area contributed by atoms with E-state index >= 15 is 0 Å². The third-order valence-electron chi connectivity index (χ3n) is 2.03. The van der Waals surface area contributed by atoms with E-state index < -0.39 is 10.0 Å². The summed E-state index contributed by atoms with van der Waals surface area (Å²) in [6.07, 6.45) is 1.54. The molecule has 2 rings (SSSR count). The number of rotatable bonds is 3. The summed E-state index contributed by atoms with van der Waals surface area (Å²) < 4.78 is 23.9. The number of aromatic amines is 1. The summed E-state index contributed by atoms with van der Waals surface area (Å²) in [6.45, 7) is 2.17. The molecule has 0 unspecified atom stereocenters. The van der Waals surface area contributed by atoms with Gasteiger partial charge in [-0.2, -0.15) is 5.10 Å². The van der Waals surface area contributed by atoms with Gasteiger partial charge in [0.1, 0.15) is 5.69 Å². The van der Waals surface area contributed by atoms with E-state index in [2.05, 4.69) is 20.4 Å². The largest absolute Gasteiger partial charge is 0.296 e. The van der Waals surface area contributed by atoms with E-state index in [1.807, 2.05) is 0 Å². The molecule has 0 saturated heterocycles. The lowest BCUT2D eigenvalue weighted by molar-refractivity contribution is 0.570. The molecule has 9 heteroatoms. The van der Waals surface area contributed by atoms with E-state index in [9.17, 15) is 8.42 Å². The number of nitrogens with two attached hydrogens (primary N) is 1. The molecule has 0 aliphatic heterocycles. The average Bonchev–Trinajstić information content (AvgIpc) is 2.84. The van der Waals surface area contributed by atoms with Gasteiger partial charge in [-0.05, 0) is 13.0 Å². The summed E-state index contributed by atoms with van der Waals surface area (Å²) in [4.78, 5) is 0. The van der Waals surface area contributed by atoms with Crippen molar-refractivity contribution in [3.05, 3.63) is 12.3 Å². The fraction of sp³-hybridized carbons (Fsp3) is 0.286. The zero-order valence-electron chi connectivity index (χ0n) is 8.45. The van der Waals surface area contributed by atoms with Crippen LogP contribution in [0, 0.1) is 0 Å². The van der Waals surface area contributed by atoms with Crippen LogP contribution >= 0.6 is 0 Å². The van der Waals surface area contributed by atoms with Gasteiger partial charge in [0.05, 0.1) is 0 Å². The molecule has 0 aliphatic carbocycles. The number of sulfonamides is 1. The number of H-pyrrole nitrogens is 1. The highest BCUT2D eigenvalue weighted by molar-refractivity contribution is 7.89. The van der Waals surface area contributed by atoms with E-state index in [1.165, 1.54) is 4.57 Å². The normalized spacial score (nSPS) is 11.9. The van der Waals surface area contributed by atoms with E-state index in [4.69, 9.17) is 5.14 Å². The molecule has 0 amide bonds. The zero-order chi connectivity index (χ0) is 11.8. The Balaban J connectivity index is 2.63. The molecule has 0 aliphatic rings. The molecular formula is C7H10N6O2S. The zero-order valence-corrected chi connectivity index (χ0v) is 9.27. The van der Waals surface area contributed by atoms with Crippen molar-refractivity contribution in [2.24, 2.45) is 5.14 Å². The minimum Gasteiger partial charge on any atom is -0.296 e. The summed E-state index contributed by atoms with van der Waals surface area (Å²) in [6, 6.07) is 1.67. The molecule has 2 heterocycles. The van der Waals surface area contributed by atoms with Crippen molar-refractivity contribution in [2.45, 2.75) is 18.6 Å². The monoisotopic (exact) mass is 242 g/mol. The Morgan fingerprint density at radius 2 is 2.25 bits per heavy atom. The first-order valence-electron chi connectivity index (χ1n) is 4.49. The number of hydrogen-bond acceptors (Lipinski definition) is 5. The highest BCUT2D eigenvalue weighted by atomic mass is 32.2. The summed E-state index contributed by atoms with van der Waals surface area (Å²) in [5, 5.41) is 18.6. The van der Waals surface area contributed by atoms with Gasteiger partial charge in [0.25, 0.3) is 15.2 Å². The fourth-order valence-corrected chi connectivity index (χ4v) is 2.04. The predicted octanol–water partition coefficient (Wildman–Crippen LogP) is -0.664. The first-order valence-corrected chi connectivity index (χ1v) is 6.04. The first-order chi connectivity index (χ1) is 7.54. The Morgan fingerprint density at radius 3 is 2.75 bits per heavy atom. The first kappa shape index (κ1) is 10.8. The molecule has 8 nitrogen and oxygen atoms in total. The molecule has 2 aromatic rings. The quantitative estimate of drug-likeness (QED) is 0.740. The van der Waals surface area contributed by atoms with Gasteiger partial charge < -0.3 is 0 Å². The Bertz CT molecular complexity index is 584. The van der Waals surface area contributed by atoms with Gasteiger partial charge >= 0.3 is 0 Å². The second kappa shape index (κ2) is 3.68. The SMILES string of the molecule is CCn1c(-c2ccn[nH]2)nnc1S(N)(=O)=O. The van der Waals surface area contributed by atoms with Gasteiger partial charge in [-0.3, -0.25) is 9.67 Å². The van der Waals surface area contributed by atoms with Crippen LogP contribution in [-0.4, -0.2) is 33.4 Å². The van der Waals surface area contributed by atoms with E-state index in [-0.39, 0.29) is 5.16 Å². The van der Waals surface area contributed by atoms with Crippen molar-refractivity contribution in [3.8, 4) is 11.5 Å². The van der Waals surface area contributed by atoms with Crippen molar-refractivity contribution in [1.29, 1.82) is 0 Å². The maximum absolute atomic E-state index is 11.2. The molecule has 0 atom stereocenters. The summed E-state index contributed by atoms with van der Waals surface area (Å²) in [5.74, 6) is 0.393. The summed E-state index contributed by atoms with van der Waals surface area (Å²) in [7, 11) is -3.86. The number of nitrogens with one attached hydrogen (secondary N) is 1. The number of nitrogens with zero attached hydrogens (tertiary/aromatic N) is 4. The molecule has 86 valence electrons. The Kier molecular flexibility index (Phi) is 2.48. The van der Waals surface area contributed by atoms with Gasteiger partial charge in [-0.25, -0.2) is 13.6 Å². The van der Waals surface area contributed by atoms with E-state index in [1.54, 1.807) is 19.2 Å². The molecule has 0 spiro atoms. The maximum atomic E-state index is 11.2. The third-order valence-corrected chi connectivity index (χ3v) is 2.84. The number of hydrogen-bond donors (Lipinski definition) is 2. The Hall–Kier alpha value is -1.74. The third kappa shape index (κ3) is 1.70. The standard InChI is InChI=1S/C7H10N6O2S/c1-2-13-6(5-3-4-9-10-5)11-12-7(13)16(8,14)15/h3-4H,2H2,1H3,(H,9,10)(H2,8,14,15). The minimum absolute atomic E-state index is 0.250. The molecule has 0 bridgehead atoms. The fourth-order valence-electron chi connectivity index (χ4n) is 1.36. The van der Waals surface area contributed by atoms with Gasteiger partial charge in [0, 0.05) is 12.7 Å². The predicted molar refractivity (Wildman–Crippen MR) is 54.7 cm³/mol. The van der Waals surface area contributed by atoms with Crippen molar-refractivity contribution in [3.63, 3.8) is 0 Å². The Labute approximate surface area is 91.5 Å². The van der Waals surface area contributed by atoms with Crippen LogP contribution in [-0.2, 0) is 16.6 Å². The molecule has 0 aromatic carbocycles. The van der Waals surface area contributed by atoms with Crippen LogP contribution in [0.4, 0.5) is 0 Å².